The molecule has 1 atom stereocenters. The van der Waals surface area contributed by atoms with Crippen LogP contribution in [0.2, 0.25) is 0 Å². The molecule has 0 radical (unpaired) electrons. The van der Waals surface area contributed by atoms with Crippen LogP contribution in [0.3, 0.4) is 0 Å². The van der Waals surface area contributed by atoms with Crippen molar-refractivity contribution in [2.24, 2.45) is 0 Å². The Morgan fingerprint density at radius 3 is 2.45 bits per heavy atom. The van der Waals surface area contributed by atoms with Crippen LogP contribution in [0, 0.1) is 17.1 Å². The summed E-state index contributed by atoms with van der Waals surface area (Å²) in [6, 6.07) is 10.9. The van der Waals surface area contributed by atoms with E-state index in [4.69, 9.17) is 5.26 Å². The van der Waals surface area contributed by atoms with Crippen LogP contribution in [0.4, 0.5) is 10.1 Å². The minimum Gasteiger partial charge on any atom is -0.367 e. The lowest BCUT2D eigenvalue weighted by atomic mass is 10.0. The molecule has 0 aliphatic carbocycles. The fraction of sp³-hybridized carbons (Fsp3) is 0.452. The number of piperidine rings is 1. The van der Waals surface area contributed by atoms with E-state index < -0.39 is 23.8 Å². The van der Waals surface area contributed by atoms with Gasteiger partial charge in [0.05, 0.1) is 28.4 Å². The summed E-state index contributed by atoms with van der Waals surface area (Å²) in [5, 5.41) is 11.2. The second-order valence-electron chi connectivity index (χ2n) is 10.8. The van der Waals surface area contributed by atoms with Crippen LogP contribution in [-0.4, -0.2) is 77.9 Å². The molecule has 4 amide bonds. The number of carbonyl (C=O) groups is 4. The highest BCUT2D eigenvalue weighted by Gasteiger charge is 2.45. The number of hydrogen-bond acceptors (Lipinski definition) is 8. The lowest BCUT2D eigenvalue weighted by Crippen LogP contribution is -2.54. The maximum atomic E-state index is 14.3. The first kappa shape index (κ1) is 29.7. The molecule has 1 unspecified atom stereocenters. The number of thioether (sulfide) groups is 1. The quantitative estimate of drug-likeness (QED) is 0.237. The Morgan fingerprint density at radius 2 is 1.71 bits per heavy atom. The van der Waals surface area contributed by atoms with Gasteiger partial charge in [0, 0.05) is 37.5 Å². The highest BCUT2D eigenvalue weighted by Crippen LogP contribution is 2.35. The lowest BCUT2D eigenvalue weighted by Gasteiger charge is -2.36. The molecule has 11 heteroatoms. The molecule has 0 aromatic heterocycles. The summed E-state index contributed by atoms with van der Waals surface area (Å²) >= 11 is 1.56. The van der Waals surface area contributed by atoms with Crippen molar-refractivity contribution < 1.29 is 23.6 Å². The highest BCUT2D eigenvalue weighted by molar-refractivity contribution is 7.99. The number of piperazine rings is 1. The van der Waals surface area contributed by atoms with Crippen molar-refractivity contribution in [2.45, 2.75) is 55.9 Å². The molecule has 2 aromatic carbocycles. The largest absolute Gasteiger partial charge is 0.367 e. The van der Waals surface area contributed by atoms with Crippen molar-refractivity contribution in [1.29, 1.82) is 5.26 Å². The number of anilines is 1. The lowest BCUT2D eigenvalue weighted by molar-refractivity contribution is -0.136. The molecule has 3 aliphatic heterocycles. The second-order valence-corrected chi connectivity index (χ2v) is 12.0. The zero-order chi connectivity index (χ0) is 29.6. The number of rotatable bonds is 11. The SMILES string of the molecule is N#Cc1ccc(N2CCN(CCCCCCCSc3cccc4c3C(=O)N(C3CCC(=O)NC3=O)C4=O)CC2)c(F)c1. The Labute approximate surface area is 249 Å². The molecule has 0 saturated carbocycles. The molecule has 220 valence electrons. The molecule has 9 nitrogen and oxygen atoms in total. The summed E-state index contributed by atoms with van der Waals surface area (Å²) in [4.78, 5) is 56.3. The van der Waals surface area contributed by atoms with Crippen LogP contribution >= 0.6 is 11.8 Å². The van der Waals surface area contributed by atoms with E-state index in [9.17, 15) is 23.6 Å². The molecule has 42 heavy (non-hydrogen) atoms. The maximum Gasteiger partial charge on any atom is 0.263 e. The van der Waals surface area contributed by atoms with Crippen LogP contribution < -0.4 is 10.2 Å². The second kappa shape index (κ2) is 13.5. The summed E-state index contributed by atoms with van der Waals surface area (Å²) in [6.07, 6.45) is 5.66. The molecule has 1 N–H and O–H groups in total. The van der Waals surface area contributed by atoms with E-state index in [1.807, 2.05) is 17.0 Å². The Kier molecular flexibility index (Phi) is 9.55. The fourth-order valence-electron chi connectivity index (χ4n) is 5.80. The Balaban J connectivity index is 0.995. The smallest absolute Gasteiger partial charge is 0.263 e. The Morgan fingerprint density at radius 1 is 0.952 bits per heavy atom. The summed E-state index contributed by atoms with van der Waals surface area (Å²) in [6.45, 7) is 4.33. The van der Waals surface area contributed by atoms with Gasteiger partial charge < -0.3 is 4.90 Å². The van der Waals surface area contributed by atoms with Crippen LogP contribution in [0.25, 0.3) is 0 Å². The number of imide groups is 2. The van der Waals surface area contributed by atoms with Gasteiger partial charge in [0.25, 0.3) is 11.8 Å². The molecule has 3 heterocycles. The first-order valence-electron chi connectivity index (χ1n) is 14.5. The number of unbranched alkanes of at least 4 members (excludes halogenated alkanes) is 4. The van der Waals surface area contributed by atoms with E-state index in [-0.39, 0.29) is 24.6 Å². The average molecular weight is 592 g/mol. The number of nitriles is 1. The molecule has 0 bridgehead atoms. The summed E-state index contributed by atoms with van der Waals surface area (Å²) in [7, 11) is 0. The van der Waals surface area contributed by atoms with Crippen LogP contribution in [-0.2, 0) is 9.59 Å². The fourth-order valence-corrected chi connectivity index (χ4v) is 6.88. The number of nitrogens with one attached hydrogen (secondary N) is 1. The summed E-state index contributed by atoms with van der Waals surface area (Å²) in [5.74, 6) is -1.45. The van der Waals surface area contributed by atoms with Crippen molar-refractivity contribution in [1.82, 2.24) is 15.1 Å². The van der Waals surface area contributed by atoms with E-state index in [0.717, 1.165) is 80.4 Å². The molecule has 3 aliphatic rings. The average Bonchev–Trinajstić information content (AvgIpc) is 3.24. The van der Waals surface area contributed by atoms with Crippen molar-refractivity contribution in [3.05, 3.63) is 58.9 Å². The van der Waals surface area contributed by atoms with Gasteiger partial charge in [-0.15, -0.1) is 11.8 Å². The molecule has 2 aromatic rings. The monoisotopic (exact) mass is 591 g/mol. The van der Waals surface area contributed by atoms with Gasteiger partial charge in [-0.1, -0.05) is 25.3 Å². The third-order valence-electron chi connectivity index (χ3n) is 8.10. The van der Waals surface area contributed by atoms with Crippen LogP contribution in [0.1, 0.15) is 71.2 Å². The highest BCUT2D eigenvalue weighted by atomic mass is 32.2. The zero-order valence-corrected chi connectivity index (χ0v) is 24.3. The predicted octanol–water partition coefficient (Wildman–Crippen LogP) is 3.96. The van der Waals surface area contributed by atoms with E-state index in [2.05, 4.69) is 10.2 Å². The number of halogens is 1. The predicted molar refractivity (Wildman–Crippen MR) is 157 cm³/mol. The molecule has 2 fully saturated rings. The zero-order valence-electron chi connectivity index (χ0n) is 23.4. The third kappa shape index (κ3) is 6.50. The van der Waals surface area contributed by atoms with Crippen molar-refractivity contribution in [3.8, 4) is 6.07 Å². The number of nitrogens with zero attached hydrogens (tertiary/aromatic N) is 4. The standard InChI is InChI=1S/C31H34FN5O4S/c32-23-19-21(20-33)9-10-24(23)36-16-14-35(15-17-36)13-4-2-1-3-5-18-42-26-8-6-7-22-28(26)31(41)37(30(22)40)25-11-12-27(38)34-29(25)39/h6-10,19,25H,1-5,11-18H2,(H,34,38,39). The van der Waals surface area contributed by atoms with Gasteiger partial charge in [-0.2, -0.15) is 5.26 Å². The van der Waals surface area contributed by atoms with Gasteiger partial charge in [-0.25, -0.2) is 4.39 Å². The summed E-state index contributed by atoms with van der Waals surface area (Å²) < 4.78 is 14.3. The van der Waals surface area contributed by atoms with Crippen LogP contribution in [0.5, 0.6) is 0 Å². The number of amides is 4. The third-order valence-corrected chi connectivity index (χ3v) is 9.24. The van der Waals surface area contributed by atoms with Gasteiger partial charge in [-0.05, 0) is 61.9 Å². The Hall–Kier alpha value is -3.75. The van der Waals surface area contributed by atoms with E-state index in [1.165, 1.54) is 6.07 Å². The van der Waals surface area contributed by atoms with Gasteiger partial charge >= 0.3 is 0 Å². The number of hydrogen-bond donors (Lipinski definition) is 1. The first-order valence-corrected chi connectivity index (χ1v) is 15.5. The van der Waals surface area contributed by atoms with E-state index in [0.29, 0.717) is 22.4 Å². The van der Waals surface area contributed by atoms with Crippen molar-refractivity contribution >= 4 is 41.1 Å². The first-order chi connectivity index (χ1) is 20.4. The topological polar surface area (TPSA) is 114 Å². The minimum absolute atomic E-state index is 0.100. The molecule has 2 saturated heterocycles. The van der Waals surface area contributed by atoms with Crippen molar-refractivity contribution in [2.75, 3.05) is 43.4 Å². The van der Waals surface area contributed by atoms with Gasteiger partial charge in [0.15, 0.2) is 0 Å². The number of benzene rings is 2. The molecule has 0 spiro atoms. The van der Waals surface area contributed by atoms with E-state index in [1.54, 1.807) is 36.0 Å². The van der Waals surface area contributed by atoms with Gasteiger partial charge in [-0.3, -0.25) is 34.3 Å². The minimum atomic E-state index is -0.956. The molecular weight excluding hydrogens is 557 g/mol. The van der Waals surface area contributed by atoms with Gasteiger partial charge in [0.1, 0.15) is 11.9 Å². The normalized spacial score (nSPS) is 19.2. The molecular formula is C31H34FN5O4S. The number of fused-ring (bicyclic) bond motifs is 1. The molecule has 5 rings (SSSR count). The van der Waals surface area contributed by atoms with Crippen molar-refractivity contribution in [3.63, 3.8) is 0 Å². The summed E-state index contributed by atoms with van der Waals surface area (Å²) in [5.41, 5.74) is 1.58. The van der Waals surface area contributed by atoms with E-state index >= 15 is 0 Å². The number of carbonyl (C=O) groups excluding carboxylic acids is 4. The van der Waals surface area contributed by atoms with Gasteiger partial charge in [0.2, 0.25) is 11.8 Å². The Bertz CT molecular complexity index is 1420. The maximum absolute atomic E-state index is 14.3. The van der Waals surface area contributed by atoms with Crippen LogP contribution in [0.15, 0.2) is 41.3 Å².